The number of hydrogen-bond donors (Lipinski definition) is 0. The van der Waals surface area contributed by atoms with E-state index in [0.717, 1.165) is 11.0 Å². The van der Waals surface area contributed by atoms with Gasteiger partial charge in [0.2, 0.25) is 0 Å². The molecule has 0 amide bonds. The summed E-state index contributed by atoms with van der Waals surface area (Å²) in [7, 11) is 0. The molecule has 172 valence electrons. The number of rotatable bonds is 7. The molecule has 0 radical (unpaired) electrons. The van der Waals surface area contributed by atoms with Crippen LogP contribution in [0.2, 0.25) is 0 Å². The average molecular weight is 457 g/mol. The maximum absolute atomic E-state index is 13.0. The van der Waals surface area contributed by atoms with Crippen LogP contribution in [0.5, 0.6) is 11.8 Å². The first-order valence-corrected chi connectivity index (χ1v) is 11.1. The summed E-state index contributed by atoms with van der Waals surface area (Å²) in [5, 5.41) is 0. The molecular weight excluding hydrogens is 434 g/mol. The van der Waals surface area contributed by atoms with Crippen LogP contribution in [0.25, 0.3) is 27.9 Å². The number of nitrogens with zero attached hydrogens (tertiary/aromatic N) is 5. The zero-order valence-electron chi connectivity index (χ0n) is 18.8. The van der Waals surface area contributed by atoms with Crippen molar-refractivity contribution in [1.82, 2.24) is 23.7 Å². The zero-order valence-corrected chi connectivity index (χ0v) is 18.8. The molecular formula is C25H23N5O4. The molecule has 5 rings (SSSR count). The first-order valence-electron chi connectivity index (χ1n) is 11.1. The number of carbonyl (C=O) groups excluding carboxylic acids is 1. The van der Waals surface area contributed by atoms with Crippen LogP contribution in [0.4, 0.5) is 0 Å². The Morgan fingerprint density at radius 3 is 2.47 bits per heavy atom. The van der Waals surface area contributed by atoms with Crippen LogP contribution in [0, 0.1) is 0 Å². The molecule has 3 aromatic heterocycles. The van der Waals surface area contributed by atoms with E-state index in [1.165, 1.54) is 0 Å². The van der Waals surface area contributed by atoms with Gasteiger partial charge in [0.1, 0.15) is 12.3 Å². The molecule has 0 saturated heterocycles. The Balaban J connectivity index is 1.49. The largest absolute Gasteiger partial charge is 0.465 e. The van der Waals surface area contributed by atoms with E-state index in [1.54, 1.807) is 51.1 Å². The highest BCUT2D eigenvalue weighted by atomic mass is 16.5. The summed E-state index contributed by atoms with van der Waals surface area (Å²) >= 11 is 0. The van der Waals surface area contributed by atoms with Gasteiger partial charge in [-0.1, -0.05) is 12.1 Å². The fraction of sp³-hybridized carbons (Fsp3) is 0.200. The van der Waals surface area contributed by atoms with Crippen molar-refractivity contribution in [2.45, 2.75) is 26.9 Å². The smallest absolute Gasteiger partial charge is 0.334 e. The minimum absolute atomic E-state index is 0.0145. The second kappa shape index (κ2) is 8.86. The van der Waals surface area contributed by atoms with E-state index in [0.29, 0.717) is 35.8 Å². The molecule has 0 fully saturated rings. The van der Waals surface area contributed by atoms with Crippen molar-refractivity contribution in [2.75, 3.05) is 6.61 Å². The van der Waals surface area contributed by atoms with Crippen molar-refractivity contribution in [3.63, 3.8) is 0 Å². The number of carbonyl (C=O) groups is 1. The molecule has 0 unspecified atom stereocenters. The highest BCUT2D eigenvalue weighted by Gasteiger charge is 2.17. The highest BCUT2D eigenvalue weighted by molar-refractivity contribution is 5.79. The van der Waals surface area contributed by atoms with E-state index >= 15 is 0 Å². The summed E-state index contributed by atoms with van der Waals surface area (Å²) in [6.45, 7) is 4.52. The van der Waals surface area contributed by atoms with Gasteiger partial charge in [0.25, 0.3) is 0 Å². The van der Waals surface area contributed by atoms with Gasteiger partial charge in [0.05, 0.1) is 28.8 Å². The van der Waals surface area contributed by atoms with Crippen LogP contribution in [-0.4, -0.2) is 36.2 Å². The average Bonchev–Trinajstić information content (AvgIpc) is 3.33. The molecule has 34 heavy (non-hydrogen) atoms. The second-order valence-electron chi connectivity index (χ2n) is 7.58. The fourth-order valence-corrected chi connectivity index (χ4v) is 4.01. The summed E-state index contributed by atoms with van der Waals surface area (Å²) in [4.78, 5) is 34.1. The van der Waals surface area contributed by atoms with E-state index in [1.807, 2.05) is 43.3 Å². The number of para-hydroxylation sites is 2. The maximum atomic E-state index is 13.0. The van der Waals surface area contributed by atoms with Crippen molar-refractivity contribution in [3.05, 3.63) is 77.3 Å². The Hall–Kier alpha value is -4.40. The van der Waals surface area contributed by atoms with E-state index in [-0.39, 0.29) is 24.2 Å². The highest BCUT2D eigenvalue weighted by Crippen LogP contribution is 2.27. The van der Waals surface area contributed by atoms with Gasteiger partial charge in [-0.2, -0.15) is 4.98 Å². The minimum Gasteiger partial charge on any atom is -0.465 e. The SMILES string of the molecule is CCOC(=O)Cn1c(Oc2ccc(-n3c(=O)n(CC)c4cccnc43)cc2)nc2ccccc21. The summed E-state index contributed by atoms with van der Waals surface area (Å²) < 4.78 is 16.1. The summed E-state index contributed by atoms with van der Waals surface area (Å²) in [5.41, 5.74) is 3.38. The molecule has 0 atom stereocenters. The quantitative estimate of drug-likeness (QED) is 0.344. The number of benzene rings is 2. The molecule has 9 nitrogen and oxygen atoms in total. The summed E-state index contributed by atoms with van der Waals surface area (Å²) in [5.74, 6) is 0.148. The lowest BCUT2D eigenvalue weighted by Gasteiger charge is -2.10. The lowest BCUT2D eigenvalue weighted by Crippen LogP contribution is -2.22. The van der Waals surface area contributed by atoms with Gasteiger partial charge in [-0.25, -0.2) is 14.3 Å². The number of ether oxygens (including phenoxy) is 2. The first-order chi connectivity index (χ1) is 16.6. The number of aromatic nitrogens is 5. The predicted molar refractivity (Wildman–Crippen MR) is 127 cm³/mol. The van der Waals surface area contributed by atoms with E-state index in [4.69, 9.17) is 9.47 Å². The maximum Gasteiger partial charge on any atom is 0.334 e. The first kappa shape index (κ1) is 21.4. The number of aryl methyl sites for hydroxylation is 1. The fourth-order valence-electron chi connectivity index (χ4n) is 4.01. The second-order valence-corrected chi connectivity index (χ2v) is 7.58. The van der Waals surface area contributed by atoms with Gasteiger partial charge in [-0.15, -0.1) is 0 Å². The Labute approximate surface area is 194 Å². The van der Waals surface area contributed by atoms with Crippen LogP contribution < -0.4 is 10.4 Å². The number of pyridine rings is 1. The zero-order chi connectivity index (χ0) is 23.7. The topological polar surface area (TPSA) is 93.2 Å². The van der Waals surface area contributed by atoms with Gasteiger partial charge in [-0.05, 0) is 62.4 Å². The number of esters is 1. The number of imidazole rings is 2. The van der Waals surface area contributed by atoms with Crippen molar-refractivity contribution in [1.29, 1.82) is 0 Å². The Morgan fingerprint density at radius 2 is 1.71 bits per heavy atom. The number of hydrogen-bond acceptors (Lipinski definition) is 6. The van der Waals surface area contributed by atoms with Crippen molar-refractivity contribution < 1.29 is 14.3 Å². The third-order valence-corrected chi connectivity index (χ3v) is 5.52. The third-order valence-electron chi connectivity index (χ3n) is 5.52. The summed E-state index contributed by atoms with van der Waals surface area (Å²) in [6.07, 6.45) is 1.67. The summed E-state index contributed by atoms with van der Waals surface area (Å²) in [6, 6.07) is 18.6. The standard InChI is InChI=1S/C25H23N5O4/c1-3-28-21-10-7-15-26-23(21)30(25(28)32)17-11-13-18(14-12-17)34-24-27-19-8-5-6-9-20(19)29(24)16-22(31)33-4-2/h5-15H,3-4,16H2,1-2H3. The van der Waals surface area contributed by atoms with Crippen LogP contribution in [-0.2, 0) is 22.6 Å². The Kier molecular flexibility index (Phi) is 5.59. The lowest BCUT2D eigenvalue weighted by molar-refractivity contribution is -0.143. The molecule has 0 aliphatic carbocycles. The van der Waals surface area contributed by atoms with Gasteiger partial charge in [0, 0.05) is 12.7 Å². The molecule has 0 saturated carbocycles. The van der Waals surface area contributed by atoms with Gasteiger partial charge < -0.3 is 9.47 Å². The molecule has 3 heterocycles. The lowest BCUT2D eigenvalue weighted by atomic mass is 10.3. The van der Waals surface area contributed by atoms with Crippen molar-refractivity contribution in [2.24, 2.45) is 0 Å². The monoisotopic (exact) mass is 457 g/mol. The molecule has 0 aliphatic heterocycles. The normalized spacial score (nSPS) is 11.2. The van der Waals surface area contributed by atoms with Gasteiger partial charge in [0.15, 0.2) is 5.65 Å². The van der Waals surface area contributed by atoms with Crippen LogP contribution >= 0.6 is 0 Å². The Bertz CT molecular complexity index is 1550. The molecule has 0 aliphatic rings. The minimum atomic E-state index is -0.370. The van der Waals surface area contributed by atoms with E-state index < -0.39 is 0 Å². The molecule has 0 N–H and O–H groups in total. The van der Waals surface area contributed by atoms with Crippen LogP contribution in [0.3, 0.4) is 0 Å². The number of fused-ring (bicyclic) bond motifs is 2. The Morgan fingerprint density at radius 1 is 0.941 bits per heavy atom. The predicted octanol–water partition coefficient (Wildman–Crippen LogP) is 3.91. The molecule has 5 aromatic rings. The van der Waals surface area contributed by atoms with Gasteiger partial charge in [-0.3, -0.25) is 13.9 Å². The third kappa shape index (κ3) is 3.71. The molecule has 0 spiro atoms. The van der Waals surface area contributed by atoms with Crippen molar-refractivity contribution >= 4 is 28.2 Å². The molecule has 9 heteroatoms. The van der Waals surface area contributed by atoms with Crippen LogP contribution in [0.1, 0.15) is 13.8 Å². The molecule has 0 bridgehead atoms. The van der Waals surface area contributed by atoms with E-state index in [9.17, 15) is 9.59 Å². The van der Waals surface area contributed by atoms with E-state index in [2.05, 4.69) is 9.97 Å². The molecule has 2 aromatic carbocycles. The van der Waals surface area contributed by atoms with Crippen LogP contribution in [0.15, 0.2) is 71.7 Å². The van der Waals surface area contributed by atoms with Crippen molar-refractivity contribution in [3.8, 4) is 17.4 Å². The van der Waals surface area contributed by atoms with Gasteiger partial charge >= 0.3 is 17.7 Å².